The van der Waals surface area contributed by atoms with Gasteiger partial charge in [0, 0.05) is 0 Å². The summed E-state index contributed by atoms with van der Waals surface area (Å²) in [6.45, 7) is 2.42. The van der Waals surface area contributed by atoms with Crippen molar-refractivity contribution in [2.24, 2.45) is 0 Å². The molecular formula is C18H18ClFO3. The molecule has 2 aromatic carbocycles. The Labute approximate surface area is 140 Å². The molecule has 0 aliphatic rings. The number of carbonyl (C=O) groups is 1. The number of rotatable bonds is 7. The standard InChI is InChI=1S/C18H18ClFO3/c1-2-22-18(21)17(19)11-13-5-9-16(10-6-13)23-12-14-3-7-15(20)8-4-14/h3-10,17H,2,11-12H2,1H3. The molecule has 122 valence electrons. The molecule has 2 rings (SSSR count). The van der Waals surface area contributed by atoms with Gasteiger partial charge in [0.1, 0.15) is 23.6 Å². The lowest BCUT2D eigenvalue weighted by molar-refractivity contribution is -0.142. The average molecular weight is 337 g/mol. The predicted octanol–water partition coefficient (Wildman–Crippen LogP) is 4.12. The highest BCUT2D eigenvalue weighted by Gasteiger charge is 2.16. The monoisotopic (exact) mass is 336 g/mol. The van der Waals surface area contributed by atoms with Gasteiger partial charge in [0.15, 0.2) is 0 Å². The SMILES string of the molecule is CCOC(=O)C(Cl)Cc1ccc(OCc2ccc(F)cc2)cc1. The maximum absolute atomic E-state index is 12.8. The molecule has 0 spiro atoms. The maximum Gasteiger partial charge on any atom is 0.324 e. The lowest BCUT2D eigenvalue weighted by Crippen LogP contribution is -2.20. The molecule has 0 saturated heterocycles. The number of hydrogen-bond acceptors (Lipinski definition) is 3. The summed E-state index contributed by atoms with van der Waals surface area (Å²) < 4.78 is 23.3. The lowest BCUT2D eigenvalue weighted by Gasteiger charge is -2.10. The number of esters is 1. The molecule has 1 atom stereocenters. The Kier molecular flexibility index (Phi) is 6.41. The highest BCUT2D eigenvalue weighted by Crippen LogP contribution is 2.17. The molecule has 0 heterocycles. The fraction of sp³-hybridized carbons (Fsp3) is 0.278. The van der Waals surface area contributed by atoms with E-state index in [0.717, 1.165) is 11.1 Å². The van der Waals surface area contributed by atoms with Crippen molar-refractivity contribution in [3.8, 4) is 5.75 Å². The van der Waals surface area contributed by atoms with Crippen molar-refractivity contribution in [2.75, 3.05) is 6.61 Å². The van der Waals surface area contributed by atoms with Crippen LogP contribution in [0.15, 0.2) is 48.5 Å². The number of halogens is 2. The third kappa shape index (κ3) is 5.57. The third-order valence-corrected chi connectivity index (χ3v) is 3.53. The first-order valence-corrected chi connectivity index (χ1v) is 7.79. The van der Waals surface area contributed by atoms with Crippen LogP contribution >= 0.6 is 11.6 Å². The molecule has 0 aliphatic carbocycles. The molecule has 0 bridgehead atoms. The van der Waals surface area contributed by atoms with Gasteiger partial charge in [-0.05, 0) is 48.7 Å². The van der Waals surface area contributed by atoms with Crippen LogP contribution in [0, 0.1) is 5.82 Å². The van der Waals surface area contributed by atoms with E-state index in [9.17, 15) is 9.18 Å². The van der Waals surface area contributed by atoms with E-state index in [2.05, 4.69) is 0 Å². The van der Waals surface area contributed by atoms with Crippen molar-refractivity contribution in [1.82, 2.24) is 0 Å². The molecule has 0 amide bonds. The van der Waals surface area contributed by atoms with Gasteiger partial charge in [0.2, 0.25) is 0 Å². The van der Waals surface area contributed by atoms with Crippen LogP contribution in [0.1, 0.15) is 18.1 Å². The Bertz CT molecular complexity index is 626. The summed E-state index contributed by atoms with van der Waals surface area (Å²) in [6.07, 6.45) is 0.401. The average Bonchev–Trinajstić information content (AvgIpc) is 2.56. The van der Waals surface area contributed by atoms with Crippen LogP contribution in [0.3, 0.4) is 0 Å². The van der Waals surface area contributed by atoms with Gasteiger partial charge in [-0.1, -0.05) is 24.3 Å². The summed E-state index contributed by atoms with van der Waals surface area (Å²) in [5, 5.41) is -0.694. The van der Waals surface area contributed by atoms with Gasteiger partial charge in [-0.15, -0.1) is 11.6 Å². The van der Waals surface area contributed by atoms with Crippen molar-refractivity contribution in [2.45, 2.75) is 25.3 Å². The molecule has 23 heavy (non-hydrogen) atoms. The molecule has 5 heteroatoms. The highest BCUT2D eigenvalue weighted by atomic mass is 35.5. The van der Waals surface area contributed by atoms with Crippen molar-refractivity contribution in [1.29, 1.82) is 0 Å². The van der Waals surface area contributed by atoms with Gasteiger partial charge in [-0.2, -0.15) is 0 Å². The van der Waals surface area contributed by atoms with Gasteiger partial charge >= 0.3 is 5.97 Å². The lowest BCUT2D eigenvalue weighted by atomic mass is 10.1. The van der Waals surface area contributed by atoms with Gasteiger partial charge in [-0.3, -0.25) is 4.79 Å². The minimum atomic E-state index is -0.694. The van der Waals surface area contributed by atoms with Crippen LogP contribution in [0.5, 0.6) is 5.75 Å². The van der Waals surface area contributed by atoms with Crippen molar-refractivity contribution < 1.29 is 18.7 Å². The largest absolute Gasteiger partial charge is 0.489 e. The van der Waals surface area contributed by atoms with Gasteiger partial charge in [0.05, 0.1) is 6.61 Å². The smallest absolute Gasteiger partial charge is 0.324 e. The number of benzene rings is 2. The van der Waals surface area contributed by atoms with Crippen molar-refractivity contribution >= 4 is 17.6 Å². The summed E-state index contributed by atoms with van der Waals surface area (Å²) in [4.78, 5) is 11.5. The Balaban J connectivity index is 1.86. The molecule has 0 N–H and O–H groups in total. The molecule has 0 saturated carbocycles. The first-order chi connectivity index (χ1) is 11.1. The van der Waals surface area contributed by atoms with Crippen LogP contribution < -0.4 is 4.74 Å². The minimum absolute atomic E-state index is 0.268. The third-order valence-electron chi connectivity index (χ3n) is 3.20. The first kappa shape index (κ1) is 17.3. The van der Waals surface area contributed by atoms with E-state index in [-0.39, 0.29) is 5.82 Å². The van der Waals surface area contributed by atoms with Gasteiger partial charge < -0.3 is 9.47 Å². The molecular weight excluding hydrogens is 319 g/mol. The number of carbonyl (C=O) groups excluding carboxylic acids is 1. The summed E-state index contributed by atoms with van der Waals surface area (Å²) >= 11 is 6.00. The van der Waals surface area contributed by atoms with E-state index >= 15 is 0 Å². The van der Waals surface area contributed by atoms with E-state index in [1.807, 2.05) is 24.3 Å². The fourth-order valence-corrected chi connectivity index (χ4v) is 2.23. The maximum atomic E-state index is 12.8. The van der Waals surface area contributed by atoms with E-state index in [1.165, 1.54) is 12.1 Å². The van der Waals surface area contributed by atoms with Crippen molar-refractivity contribution in [3.63, 3.8) is 0 Å². The van der Waals surface area contributed by atoms with Crippen LogP contribution in [-0.4, -0.2) is 18.0 Å². The minimum Gasteiger partial charge on any atom is -0.489 e. The number of alkyl halides is 1. The van der Waals surface area contributed by atoms with E-state index < -0.39 is 11.3 Å². The Hall–Kier alpha value is -2.07. The summed E-state index contributed by atoms with van der Waals surface area (Å²) in [5.41, 5.74) is 1.81. The van der Waals surface area contributed by atoms with Crippen LogP contribution in [0.4, 0.5) is 4.39 Å². The van der Waals surface area contributed by atoms with Crippen molar-refractivity contribution in [3.05, 3.63) is 65.5 Å². The summed E-state index contributed by atoms with van der Waals surface area (Å²) in [5.74, 6) is 0.0152. The topological polar surface area (TPSA) is 35.5 Å². The highest BCUT2D eigenvalue weighted by molar-refractivity contribution is 6.30. The first-order valence-electron chi connectivity index (χ1n) is 7.35. The second kappa shape index (κ2) is 8.53. The number of hydrogen-bond donors (Lipinski definition) is 0. The molecule has 0 fully saturated rings. The zero-order chi connectivity index (χ0) is 16.7. The predicted molar refractivity (Wildman–Crippen MR) is 87.2 cm³/mol. The molecule has 0 aromatic heterocycles. The zero-order valence-electron chi connectivity index (χ0n) is 12.8. The Morgan fingerprint density at radius 1 is 1.09 bits per heavy atom. The number of ether oxygens (including phenoxy) is 2. The van der Waals surface area contributed by atoms with E-state index in [4.69, 9.17) is 21.1 Å². The summed E-state index contributed by atoms with van der Waals surface area (Å²) in [6, 6.07) is 13.5. The zero-order valence-corrected chi connectivity index (χ0v) is 13.6. The van der Waals surface area contributed by atoms with Gasteiger partial charge in [-0.25, -0.2) is 4.39 Å². The normalized spacial score (nSPS) is 11.8. The Morgan fingerprint density at radius 2 is 1.70 bits per heavy atom. The van der Waals surface area contributed by atoms with Crippen LogP contribution in [-0.2, 0) is 22.6 Å². The molecule has 3 nitrogen and oxygen atoms in total. The summed E-state index contributed by atoms with van der Waals surface area (Å²) in [7, 11) is 0. The second-order valence-corrected chi connectivity index (χ2v) is 5.51. The fourth-order valence-electron chi connectivity index (χ4n) is 1.99. The molecule has 2 aromatic rings. The van der Waals surface area contributed by atoms with Crippen LogP contribution in [0.2, 0.25) is 0 Å². The quantitative estimate of drug-likeness (QED) is 0.563. The van der Waals surface area contributed by atoms with Gasteiger partial charge in [0.25, 0.3) is 0 Å². The van der Waals surface area contributed by atoms with Crippen LogP contribution in [0.25, 0.3) is 0 Å². The molecule has 0 aliphatic heterocycles. The van der Waals surface area contributed by atoms with E-state index in [1.54, 1.807) is 19.1 Å². The molecule has 1 unspecified atom stereocenters. The second-order valence-electron chi connectivity index (χ2n) is 4.98. The Morgan fingerprint density at radius 3 is 2.30 bits per heavy atom. The van der Waals surface area contributed by atoms with E-state index in [0.29, 0.717) is 25.4 Å². The molecule has 0 radical (unpaired) electrons.